The maximum Gasteiger partial charge on any atom is 0.170 e. The molecule has 0 aliphatic carbocycles. The van der Waals surface area contributed by atoms with E-state index in [0.29, 0.717) is 22.6 Å². The highest BCUT2D eigenvalue weighted by atomic mass is 16.7. The largest absolute Gasteiger partial charge is 0.497 e. The summed E-state index contributed by atoms with van der Waals surface area (Å²) in [6, 6.07) is 51.6. The van der Waals surface area contributed by atoms with Crippen LogP contribution in [0.25, 0.3) is 10.4 Å². The van der Waals surface area contributed by atoms with E-state index in [1.54, 1.807) is 67.8 Å². The van der Waals surface area contributed by atoms with Gasteiger partial charge in [-0.2, -0.15) is 0 Å². The standard InChI is InChI=1S/C53H57N3O10/c1-61-43-27-29-44(30-28-43)62-37-47(48(64-36-42-25-15-6-16-26-42)46(34-57)63-35-41-23-13-5-14-24-41)65-51-49(55-56-54)52(59,32-39-19-9-3-10-20-39)53(60,33-40-21-11-4-12-22-40)50(66-51)45(58)31-38-17-7-2-8-18-38/h2-30,45-51,57-60H,31-37H2,1H3/t45?,46?,47?,48?,49-,50+,51+,52+,53+/m0/s1. The fourth-order valence-corrected chi connectivity index (χ4v) is 8.55. The lowest BCUT2D eigenvalue weighted by atomic mass is 9.64. The van der Waals surface area contributed by atoms with Crippen molar-refractivity contribution in [2.45, 2.75) is 86.5 Å². The van der Waals surface area contributed by atoms with E-state index in [-0.39, 0.29) is 39.1 Å². The molecule has 4 N–H and O–H groups in total. The van der Waals surface area contributed by atoms with Gasteiger partial charge in [0.05, 0.1) is 33.0 Å². The summed E-state index contributed by atoms with van der Waals surface area (Å²) in [7, 11) is 1.56. The van der Waals surface area contributed by atoms with Gasteiger partial charge in [0, 0.05) is 24.2 Å². The van der Waals surface area contributed by atoms with Crippen molar-refractivity contribution in [1.82, 2.24) is 0 Å². The van der Waals surface area contributed by atoms with E-state index in [1.807, 2.05) is 115 Å². The lowest BCUT2D eigenvalue weighted by molar-refractivity contribution is -0.355. The topological polar surface area (TPSA) is 185 Å². The Morgan fingerprint density at radius 1 is 0.621 bits per heavy atom. The van der Waals surface area contributed by atoms with E-state index < -0.39 is 60.7 Å². The Morgan fingerprint density at radius 2 is 1.09 bits per heavy atom. The number of nitrogens with zero attached hydrogens (tertiary/aromatic N) is 3. The molecule has 1 aliphatic heterocycles. The van der Waals surface area contributed by atoms with Crippen LogP contribution in [0.1, 0.15) is 27.8 Å². The zero-order chi connectivity index (χ0) is 46.2. The van der Waals surface area contributed by atoms with Crippen molar-refractivity contribution in [2.75, 3.05) is 20.3 Å². The summed E-state index contributed by atoms with van der Waals surface area (Å²) < 4.78 is 38.6. The van der Waals surface area contributed by atoms with Gasteiger partial charge in [-0.15, -0.1) is 0 Å². The number of hydrogen-bond donors (Lipinski definition) is 4. The number of benzene rings is 6. The fraction of sp³-hybridized carbons (Fsp3) is 0.321. The predicted molar refractivity (Wildman–Crippen MR) is 248 cm³/mol. The normalized spacial score (nSPS) is 22.3. The average Bonchev–Trinajstić information content (AvgIpc) is 3.35. The zero-order valence-electron chi connectivity index (χ0n) is 36.8. The number of ether oxygens (including phenoxy) is 6. The number of hydrogen-bond acceptors (Lipinski definition) is 11. The molecular formula is C53H57N3O10. The van der Waals surface area contributed by atoms with Crippen LogP contribution >= 0.6 is 0 Å². The van der Waals surface area contributed by atoms with E-state index in [0.717, 1.165) is 16.7 Å². The van der Waals surface area contributed by atoms with Crippen molar-refractivity contribution < 1.29 is 48.8 Å². The van der Waals surface area contributed by atoms with Crippen LogP contribution in [-0.4, -0.2) is 94.8 Å². The molecule has 9 atom stereocenters. The Labute approximate surface area is 385 Å². The third-order valence-electron chi connectivity index (χ3n) is 12.0. The van der Waals surface area contributed by atoms with Gasteiger partial charge >= 0.3 is 0 Å². The maximum absolute atomic E-state index is 13.6. The monoisotopic (exact) mass is 895 g/mol. The number of azide groups is 1. The Balaban J connectivity index is 1.34. The molecule has 1 heterocycles. The number of methoxy groups -OCH3 is 1. The van der Waals surface area contributed by atoms with Crippen LogP contribution in [0.5, 0.6) is 11.5 Å². The van der Waals surface area contributed by atoms with Crippen molar-refractivity contribution in [1.29, 1.82) is 0 Å². The molecule has 6 aromatic carbocycles. The van der Waals surface area contributed by atoms with Gasteiger partial charge in [-0.3, -0.25) is 0 Å². The predicted octanol–water partition coefficient (Wildman–Crippen LogP) is 7.58. The Bertz CT molecular complexity index is 2380. The van der Waals surface area contributed by atoms with E-state index in [4.69, 9.17) is 28.4 Å². The minimum atomic E-state index is -2.36. The van der Waals surface area contributed by atoms with Gasteiger partial charge in [0.2, 0.25) is 0 Å². The van der Waals surface area contributed by atoms with Crippen LogP contribution in [0, 0.1) is 0 Å². The van der Waals surface area contributed by atoms with E-state index >= 15 is 0 Å². The molecule has 0 amide bonds. The minimum absolute atomic E-state index is 0.0235. The highest BCUT2D eigenvalue weighted by Crippen LogP contribution is 2.46. The molecule has 0 aromatic heterocycles. The number of aliphatic hydroxyl groups excluding tert-OH is 2. The Morgan fingerprint density at radius 3 is 1.59 bits per heavy atom. The van der Waals surface area contributed by atoms with Crippen molar-refractivity contribution in [3.05, 3.63) is 214 Å². The van der Waals surface area contributed by atoms with Crippen molar-refractivity contribution in [2.24, 2.45) is 5.11 Å². The smallest absolute Gasteiger partial charge is 0.170 e. The van der Waals surface area contributed by atoms with E-state index in [1.165, 1.54) is 0 Å². The van der Waals surface area contributed by atoms with Gasteiger partial charge < -0.3 is 48.8 Å². The lowest BCUT2D eigenvalue weighted by Gasteiger charge is -2.57. The molecule has 13 heteroatoms. The molecule has 344 valence electrons. The highest BCUT2D eigenvalue weighted by molar-refractivity contribution is 5.32. The molecule has 0 bridgehead atoms. The van der Waals surface area contributed by atoms with Gasteiger partial charge in [-0.25, -0.2) is 0 Å². The van der Waals surface area contributed by atoms with Crippen molar-refractivity contribution >= 4 is 0 Å². The summed E-state index contributed by atoms with van der Waals surface area (Å²) in [5.74, 6) is 1.06. The molecule has 0 spiro atoms. The first-order chi connectivity index (χ1) is 32.2. The molecule has 1 saturated heterocycles. The molecule has 1 fully saturated rings. The van der Waals surface area contributed by atoms with Gasteiger partial charge in [0.25, 0.3) is 0 Å². The highest BCUT2D eigenvalue weighted by Gasteiger charge is 2.66. The van der Waals surface area contributed by atoms with Crippen LogP contribution in [0.2, 0.25) is 0 Å². The van der Waals surface area contributed by atoms with Crippen LogP contribution < -0.4 is 9.47 Å². The van der Waals surface area contributed by atoms with Gasteiger partial charge in [0.15, 0.2) is 6.29 Å². The van der Waals surface area contributed by atoms with Gasteiger partial charge in [-0.05, 0) is 57.6 Å². The molecule has 6 aromatic rings. The van der Waals surface area contributed by atoms with Crippen molar-refractivity contribution in [3.8, 4) is 11.5 Å². The van der Waals surface area contributed by atoms with Crippen molar-refractivity contribution in [3.63, 3.8) is 0 Å². The number of rotatable bonds is 23. The van der Waals surface area contributed by atoms with Crippen LogP contribution in [0.3, 0.4) is 0 Å². The summed E-state index contributed by atoms with van der Waals surface area (Å²) in [4.78, 5) is 3.20. The lowest BCUT2D eigenvalue weighted by Crippen LogP contribution is -2.77. The molecule has 13 nitrogen and oxygen atoms in total. The molecular weight excluding hydrogens is 839 g/mol. The first-order valence-corrected chi connectivity index (χ1v) is 22.0. The maximum atomic E-state index is 13.6. The first-order valence-electron chi connectivity index (χ1n) is 22.0. The Kier molecular flexibility index (Phi) is 17.0. The quantitative estimate of drug-likeness (QED) is 0.0284. The number of aliphatic hydroxyl groups is 4. The second-order valence-electron chi connectivity index (χ2n) is 16.4. The van der Waals surface area contributed by atoms with Crippen LogP contribution in [0.4, 0.5) is 0 Å². The molecule has 0 radical (unpaired) electrons. The second-order valence-corrected chi connectivity index (χ2v) is 16.4. The third-order valence-corrected chi connectivity index (χ3v) is 12.0. The molecule has 7 rings (SSSR count). The molecule has 1 aliphatic rings. The summed E-state index contributed by atoms with van der Waals surface area (Å²) >= 11 is 0. The SMILES string of the molecule is COc1ccc(OCC(O[C@@H]2O[C@H](C(O)Cc3ccccc3)[C@](O)(Cc3ccccc3)[C@@](O)(Cc3ccccc3)[C@H]2N=[N+]=[N-])C(OCc2ccccc2)C(CO)OCc2ccccc2)cc1. The first kappa shape index (κ1) is 47.9. The van der Waals surface area contributed by atoms with Gasteiger partial charge in [0.1, 0.15) is 59.8 Å². The molecule has 4 unspecified atom stereocenters. The fourth-order valence-electron chi connectivity index (χ4n) is 8.55. The zero-order valence-corrected chi connectivity index (χ0v) is 36.8. The molecule has 0 saturated carbocycles. The van der Waals surface area contributed by atoms with E-state index in [9.17, 15) is 26.0 Å². The Hall–Kier alpha value is -6.09. The summed E-state index contributed by atoms with van der Waals surface area (Å²) in [5, 5.41) is 54.6. The van der Waals surface area contributed by atoms with Gasteiger partial charge in [-0.1, -0.05) is 157 Å². The molecule has 66 heavy (non-hydrogen) atoms. The summed E-state index contributed by atoms with van der Waals surface area (Å²) in [6.07, 6.45) is -8.37. The minimum Gasteiger partial charge on any atom is -0.497 e. The average molecular weight is 896 g/mol. The summed E-state index contributed by atoms with van der Waals surface area (Å²) in [6.45, 7) is -0.561. The van der Waals surface area contributed by atoms with Crippen LogP contribution in [0.15, 0.2) is 181 Å². The van der Waals surface area contributed by atoms with Crippen LogP contribution in [-0.2, 0) is 51.4 Å². The third kappa shape index (κ3) is 12.0. The second kappa shape index (κ2) is 23.4. The van der Waals surface area contributed by atoms with E-state index in [2.05, 4.69) is 10.0 Å². The summed E-state index contributed by atoms with van der Waals surface area (Å²) in [5.41, 5.74) is 9.31.